The zero-order chi connectivity index (χ0) is 13.8. The summed E-state index contributed by atoms with van der Waals surface area (Å²) in [6.45, 7) is 1.90. The first kappa shape index (κ1) is 13.5. The van der Waals surface area contributed by atoms with Crippen LogP contribution in [0, 0.1) is 11.6 Å². The van der Waals surface area contributed by atoms with Gasteiger partial charge < -0.3 is 10.1 Å². The van der Waals surface area contributed by atoms with E-state index in [0.717, 1.165) is 0 Å². The Labute approximate surface area is 111 Å². The van der Waals surface area contributed by atoms with Crippen LogP contribution in [0.1, 0.15) is 18.5 Å². The fourth-order valence-corrected chi connectivity index (χ4v) is 1.76. The van der Waals surface area contributed by atoms with Gasteiger partial charge in [-0.2, -0.15) is 0 Å². The van der Waals surface area contributed by atoms with Crippen LogP contribution in [-0.2, 0) is 0 Å². The number of benzene rings is 2. The second-order valence-corrected chi connectivity index (χ2v) is 4.25. The largest absolute Gasteiger partial charge is 0.457 e. The van der Waals surface area contributed by atoms with Crippen molar-refractivity contribution in [3.05, 3.63) is 59.7 Å². The third-order valence-corrected chi connectivity index (χ3v) is 2.90. The Morgan fingerprint density at radius 3 is 2.47 bits per heavy atom. The van der Waals surface area contributed by atoms with E-state index in [2.05, 4.69) is 5.32 Å². The predicted octanol–water partition coefficient (Wildman–Crippen LogP) is 4.04. The highest BCUT2D eigenvalue weighted by molar-refractivity contribution is 5.40. The highest BCUT2D eigenvalue weighted by Crippen LogP contribution is 2.30. The Hall–Kier alpha value is -1.94. The smallest absolute Gasteiger partial charge is 0.132 e. The van der Waals surface area contributed by atoms with Crippen LogP contribution in [0.4, 0.5) is 8.78 Å². The van der Waals surface area contributed by atoms with E-state index in [1.165, 1.54) is 24.3 Å². The van der Waals surface area contributed by atoms with Crippen LogP contribution in [0.3, 0.4) is 0 Å². The lowest BCUT2D eigenvalue weighted by Gasteiger charge is -2.16. The monoisotopic (exact) mass is 263 g/mol. The fourth-order valence-electron chi connectivity index (χ4n) is 1.76. The van der Waals surface area contributed by atoms with E-state index in [9.17, 15) is 8.78 Å². The molecule has 0 aromatic heterocycles. The molecule has 19 heavy (non-hydrogen) atoms. The number of rotatable bonds is 4. The minimum Gasteiger partial charge on any atom is -0.457 e. The summed E-state index contributed by atoms with van der Waals surface area (Å²) in [7, 11) is 1.78. The predicted molar refractivity (Wildman–Crippen MR) is 70.3 cm³/mol. The van der Waals surface area contributed by atoms with Crippen LogP contribution in [-0.4, -0.2) is 7.05 Å². The number of hydrogen-bond acceptors (Lipinski definition) is 2. The SMILES string of the molecule is CN[C@H](C)c1cc(F)ccc1Oc1cccc(F)c1. The Balaban J connectivity index is 2.34. The summed E-state index contributed by atoms with van der Waals surface area (Å²) >= 11 is 0. The van der Waals surface area contributed by atoms with Crippen molar-refractivity contribution < 1.29 is 13.5 Å². The van der Waals surface area contributed by atoms with Gasteiger partial charge in [0.1, 0.15) is 23.1 Å². The molecule has 0 heterocycles. The topological polar surface area (TPSA) is 21.3 Å². The molecule has 0 aliphatic rings. The Bertz CT molecular complexity index is 572. The molecule has 2 nitrogen and oxygen atoms in total. The molecule has 2 aromatic rings. The van der Waals surface area contributed by atoms with Crippen molar-refractivity contribution in [2.75, 3.05) is 7.05 Å². The van der Waals surface area contributed by atoms with Crippen LogP contribution in [0.5, 0.6) is 11.5 Å². The van der Waals surface area contributed by atoms with Crippen LogP contribution in [0.15, 0.2) is 42.5 Å². The molecule has 1 N–H and O–H groups in total. The summed E-state index contributed by atoms with van der Waals surface area (Å²) in [6.07, 6.45) is 0. The summed E-state index contributed by atoms with van der Waals surface area (Å²) in [5.41, 5.74) is 0.687. The van der Waals surface area contributed by atoms with Gasteiger partial charge in [0.25, 0.3) is 0 Å². The molecule has 0 amide bonds. The molecule has 0 saturated heterocycles. The van der Waals surface area contributed by atoms with Gasteiger partial charge in [-0.15, -0.1) is 0 Å². The normalized spacial score (nSPS) is 12.2. The van der Waals surface area contributed by atoms with E-state index in [0.29, 0.717) is 17.1 Å². The lowest BCUT2D eigenvalue weighted by Crippen LogP contribution is -2.13. The van der Waals surface area contributed by atoms with Crippen molar-refractivity contribution in [1.82, 2.24) is 5.32 Å². The minimum absolute atomic E-state index is 0.0701. The van der Waals surface area contributed by atoms with Crippen molar-refractivity contribution in [2.24, 2.45) is 0 Å². The average Bonchev–Trinajstić information content (AvgIpc) is 2.40. The first-order valence-corrected chi connectivity index (χ1v) is 6.00. The van der Waals surface area contributed by atoms with E-state index >= 15 is 0 Å². The molecular weight excluding hydrogens is 248 g/mol. The van der Waals surface area contributed by atoms with Crippen molar-refractivity contribution in [1.29, 1.82) is 0 Å². The number of hydrogen-bond donors (Lipinski definition) is 1. The Morgan fingerprint density at radius 1 is 1.05 bits per heavy atom. The maximum atomic E-state index is 13.3. The average molecular weight is 263 g/mol. The molecule has 0 fully saturated rings. The zero-order valence-electron chi connectivity index (χ0n) is 10.8. The lowest BCUT2D eigenvalue weighted by atomic mass is 10.1. The molecule has 0 radical (unpaired) electrons. The minimum atomic E-state index is -0.372. The van der Waals surface area contributed by atoms with Gasteiger partial charge in [-0.1, -0.05) is 6.07 Å². The summed E-state index contributed by atoms with van der Waals surface area (Å²) < 4.78 is 32.0. The van der Waals surface area contributed by atoms with Crippen molar-refractivity contribution in [3.8, 4) is 11.5 Å². The van der Waals surface area contributed by atoms with E-state index in [1.54, 1.807) is 25.2 Å². The molecule has 2 rings (SSSR count). The van der Waals surface area contributed by atoms with Gasteiger partial charge in [-0.25, -0.2) is 8.78 Å². The second-order valence-electron chi connectivity index (χ2n) is 4.25. The second kappa shape index (κ2) is 5.80. The van der Waals surface area contributed by atoms with Crippen LogP contribution >= 0.6 is 0 Å². The first-order chi connectivity index (χ1) is 9.10. The Kier molecular flexibility index (Phi) is 4.12. The summed E-state index contributed by atoms with van der Waals surface area (Å²) in [5, 5.41) is 3.03. The van der Waals surface area contributed by atoms with E-state index in [4.69, 9.17) is 4.74 Å². The third-order valence-electron chi connectivity index (χ3n) is 2.90. The quantitative estimate of drug-likeness (QED) is 0.899. The van der Waals surface area contributed by atoms with Gasteiger partial charge in [0.05, 0.1) is 0 Å². The zero-order valence-corrected chi connectivity index (χ0v) is 10.8. The molecule has 0 bridgehead atoms. The highest BCUT2D eigenvalue weighted by atomic mass is 19.1. The number of ether oxygens (including phenoxy) is 1. The van der Waals surface area contributed by atoms with Crippen molar-refractivity contribution in [3.63, 3.8) is 0 Å². The maximum absolute atomic E-state index is 13.3. The van der Waals surface area contributed by atoms with Gasteiger partial charge in [0.2, 0.25) is 0 Å². The molecule has 2 aromatic carbocycles. The van der Waals surface area contributed by atoms with Gasteiger partial charge in [0, 0.05) is 17.7 Å². The molecule has 0 aliphatic heterocycles. The number of halogens is 2. The van der Waals surface area contributed by atoms with Crippen LogP contribution in [0.2, 0.25) is 0 Å². The molecule has 0 aliphatic carbocycles. The van der Waals surface area contributed by atoms with Gasteiger partial charge in [-0.05, 0) is 44.3 Å². The molecule has 1 atom stereocenters. The number of nitrogens with one attached hydrogen (secondary N) is 1. The Morgan fingerprint density at radius 2 is 1.79 bits per heavy atom. The highest BCUT2D eigenvalue weighted by Gasteiger charge is 2.12. The van der Waals surface area contributed by atoms with Gasteiger partial charge in [0.15, 0.2) is 0 Å². The fraction of sp³-hybridized carbons (Fsp3) is 0.200. The van der Waals surface area contributed by atoms with Gasteiger partial charge in [-0.3, -0.25) is 0 Å². The molecule has 100 valence electrons. The van der Waals surface area contributed by atoms with Crippen molar-refractivity contribution in [2.45, 2.75) is 13.0 Å². The third kappa shape index (κ3) is 3.29. The van der Waals surface area contributed by atoms with Crippen molar-refractivity contribution >= 4 is 0 Å². The molecule has 0 saturated carbocycles. The summed E-state index contributed by atoms with van der Waals surface area (Å²) in [5.74, 6) is 0.191. The van der Waals surface area contributed by atoms with E-state index in [1.807, 2.05) is 6.92 Å². The van der Waals surface area contributed by atoms with Crippen LogP contribution < -0.4 is 10.1 Å². The van der Waals surface area contributed by atoms with E-state index in [-0.39, 0.29) is 17.7 Å². The molecule has 0 spiro atoms. The van der Waals surface area contributed by atoms with Gasteiger partial charge >= 0.3 is 0 Å². The molecular formula is C15H15F2NO. The molecule has 0 unspecified atom stereocenters. The maximum Gasteiger partial charge on any atom is 0.132 e. The lowest BCUT2D eigenvalue weighted by molar-refractivity contribution is 0.458. The standard InChI is InChI=1S/C15H15F2NO/c1-10(18-2)14-9-12(17)6-7-15(14)19-13-5-3-4-11(16)8-13/h3-10,18H,1-2H3/t10-/m1/s1. The summed E-state index contributed by atoms with van der Waals surface area (Å²) in [4.78, 5) is 0. The van der Waals surface area contributed by atoms with Crippen LogP contribution in [0.25, 0.3) is 0 Å². The molecule has 4 heteroatoms. The first-order valence-electron chi connectivity index (χ1n) is 6.00. The van der Waals surface area contributed by atoms with E-state index < -0.39 is 0 Å². The summed E-state index contributed by atoms with van der Waals surface area (Å²) in [6, 6.07) is 10.1.